The minimum absolute atomic E-state index is 0.0773. The molecule has 2 aromatic carbocycles. The molecule has 2 fully saturated rings. The number of anilines is 1. The molecule has 2 aliphatic rings. The second-order valence-electron chi connectivity index (χ2n) is 12.7. The average Bonchev–Trinajstić information content (AvgIpc) is 3.41. The summed E-state index contributed by atoms with van der Waals surface area (Å²) in [5.41, 5.74) is -0.878. The third-order valence-electron chi connectivity index (χ3n) is 7.60. The maximum atomic E-state index is 15.3. The third kappa shape index (κ3) is 10.6. The van der Waals surface area contributed by atoms with Gasteiger partial charge in [-0.25, -0.2) is 14.0 Å². The van der Waals surface area contributed by atoms with E-state index in [0.29, 0.717) is 0 Å². The molecule has 2 aliphatic heterocycles. The first-order valence-corrected chi connectivity index (χ1v) is 15.8. The van der Waals surface area contributed by atoms with Gasteiger partial charge in [0.15, 0.2) is 11.6 Å². The van der Waals surface area contributed by atoms with Crippen LogP contribution in [0.1, 0.15) is 58.9 Å². The average molecular weight is 672 g/mol. The molecule has 4 rings (SSSR count). The van der Waals surface area contributed by atoms with Crippen molar-refractivity contribution in [2.45, 2.75) is 77.3 Å². The van der Waals surface area contributed by atoms with Crippen molar-refractivity contribution in [3.8, 4) is 5.75 Å². The first kappa shape index (κ1) is 36.0. The summed E-state index contributed by atoms with van der Waals surface area (Å²) in [4.78, 5) is 64.3. The monoisotopic (exact) mass is 671 g/mol. The molecule has 2 heterocycles. The lowest BCUT2D eigenvalue weighted by Crippen LogP contribution is -2.52. The summed E-state index contributed by atoms with van der Waals surface area (Å²) in [7, 11) is 0. The van der Waals surface area contributed by atoms with Crippen LogP contribution in [0, 0.1) is 5.82 Å². The molecule has 14 heteroatoms. The summed E-state index contributed by atoms with van der Waals surface area (Å²) in [6.45, 7) is 7.08. The van der Waals surface area contributed by atoms with E-state index in [4.69, 9.17) is 23.7 Å². The second kappa shape index (κ2) is 15.8. The highest BCUT2D eigenvalue weighted by Crippen LogP contribution is 2.32. The number of carbonyl (C=O) groups excluding carboxylic acids is 5. The summed E-state index contributed by atoms with van der Waals surface area (Å²) < 4.78 is 43.0. The highest BCUT2D eigenvalue weighted by Gasteiger charge is 2.42. The summed E-state index contributed by atoms with van der Waals surface area (Å²) in [6.07, 6.45) is -1.88. The van der Waals surface area contributed by atoms with Crippen molar-refractivity contribution in [2.24, 2.45) is 0 Å². The molecule has 0 radical (unpaired) electrons. The maximum Gasteiger partial charge on any atom is 0.414 e. The number of ether oxygens (including phenoxy) is 5. The number of esters is 2. The van der Waals surface area contributed by atoms with Gasteiger partial charge in [0.1, 0.15) is 30.5 Å². The molecule has 13 nitrogen and oxygen atoms in total. The predicted octanol–water partition coefficient (Wildman–Crippen LogP) is 4.50. The zero-order valence-corrected chi connectivity index (χ0v) is 27.6. The van der Waals surface area contributed by atoms with Gasteiger partial charge in [0.25, 0.3) is 0 Å². The maximum absolute atomic E-state index is 15.3. The molecule has 1 atom stereocenters. The minimum Gasteiger partial charge on any atom is -0.486 e. The topological polar surface area (TPSA) is 150 Å². The molecule has 2 aromatic rings. The number of benzene rings is 2. The van der Waals surface area contributed by atoms with E-state index in [9.17, 15) is 24.0 Å². The smallest absolute Gasteiger partial charge is 0.414 e. The number of amides is 3. The highest BCUT2D eigenvalue weighted by atomic mass is 19.1. The van der Waals surface area contributed by atoms with E-state index in [0.717, 1.165) is 11.6 Å². The van der Waals surface area contributed by atoms with E-state index < -0.39 is 47.2 Å². The normalized spacial score (nSPS) is 17.3. The number of carbonyl (C=O) groups is 5. The highest BCUT2D eigenvalue weighted by molar-refractivity contribution is 5.90. The van der Waals surface area contributed by atoms with Crippen molar-refractivity contribution in [3.05, 3.63) is 59.9 Å². The molecule has 0 bridgehead atoms. The Morgan fingerprint density at radius 3 is 2.35 bits per heavy atom. The number of nitrogens with one attached hydrogen (secondary N) is 1. The number of hydrogen-bond donors (Lipinski definition) is 1. The van der Waals surface area contributed by atoms with Gasteiger partial charge in [-0.3, -0.25) is 19.3 Å². The molecule has 0 saturated carbocycles. The Hall–Kier alpha value is -4.88. The molecule has 2 saturated heterocycles. The number of nitrogens with zero attached hydrogens (tertiary/aromatic N) is 2. The van der Waals surface area contributed by atoms with E-state index in [1.54, 1.807) is 20.8 Å². The number of hydrogen-bond acceptors (Lipinski definition) is 10. The number of piperidine rings is 1. The van der Waals surface area contributed by atoms with Crippen LogP contribution in [0.3, 0.4) is 0 Å². The van der Waals surface area contributed by atoms with E-state index in [1.807, 2.05) is 30.3 Å². The summed E-state index contributed by atoms with van der Waals surface area (Å²) >= 11 is 0. The largest absolute Gasteiger partial charge is 0.486 e. The second-order valence-corrected chi connectivity index (χ2v) is 12.7. The van der Waals surface area contributed by atoms with Crippen LogP contribution in [-0.2, 0) is 39.9 Å². The van der Waals surface area contributed by atoms with Crippen LogP contribution in [0.2, 0.25) is 0 Å². The lowest BCUT2D eigenvalue weighted by molar-refractivity contribution is -0.170. The Labute approximate surface area is 278 Å². The first-order chi connectivity index (χ1) is 22.7. The zero-order valence-electron chi connectivity index (χ0n) is 27.6. The summed E-state index contributed by atoms with van der Waals surface area (Å²) in [5.74, 6) is -2.41. The van der Waals surface area contributed by atoms with Gasteiger partial charge in [0.05, 0.1) is 31.6 Å². The summed E-state index contributed by atoms with van der Waals surface area (Å²) in [6, 6.07) is 13.1. The van der Waals surface area contributed by atoms with Crippen LogP contribution in [0.25, 0.3) is 0 Å². The van der Waals surface area contributed by atoms with Crippen molar-refractivity contribution in [1.82, 2.24) is 10.2 Å². The van der Waals surface area contributed by atoms with Crippen LogP contribution >= 0.6 is 0 Å². The molecule has 260 valence electrons. The van der Waals surface area contributed by atoms with Crippen LogP contribution < -0.4 is 15.0 Å². The quantitative estimate of drug-likeness (QED) is 0.252. The molecule has 0 aromatic heterocycles. The van der Waals surface area contributed by atoms with Gasteiger partial charge in [-0.15, -0.1) is 0 Å². The van der Waals surface area contributed by atoms with Gasteiger partial charge >= 0.3 is 24.1 Å². The number of rotatable bonds is 12. The fraction of sp³-hybridized carbons (Fsp3) is 0.500. The van der Waals surface area contributed by atoms with E-state index in [-0.39, 0.29) is 82.4 Å². The first-order valence-electron chi connectivity index (χ1n) is 15.8. The van der Waals surface area contributed by atoms with Crippen LogP contribution in [-0.4, -0.2) is 85.0 Å². The van der Waals surface area contributed by atoms with Gasteiger partial charge in [-0.1, -0.05) is 30.3 Å². The van der Waals surface area contributed by atoms with Gasteiger partial charge in [-0.2, -0.15) is 0 Å². The van der Waals surface area contributed by atoms with Crippen molar-refractivity contribution >= 4 is 35.7 Å². The lowest BCUT2D eigenvalue weighted by atomic mass is 9.92. The van der Waals surface area contributed by atoms with E-state index in [1.165, 1.54) is 28.9 Å². The molecule has 48 heavy (non-hydrogen) atoms. The van der Waals surface area contributed by atoms with Crippen molar-refractivity contribution in [1.29, 1.82) is 0 Å². The van der Waals surface area contributed by atoms with Crippen molar-refractivity contribution in [2.75, 3.05) is 37.7 Å². The van der Waals surface area contributed by atoms with Gasteiger partial charge < -0.3 is 33.9 Å². The number of halogens is 1. The van der Waals surface area contributed by atoms with Crippen LogP contribution in [0.4, 0.5) is 19.7 Å². The van der Waals surface area contributed by atoms with Gasteiger partial charge in [0, 0.05) is 38.9 Å². The molecule has 3 amide bonds. The van der Waals surface area contributed by atoms with E-state index in [2.05, 4.69) is 5.32 Å². The van der Waals surface area contributed by atoms with Gasteiger partial charge in [0.2, 0.25) is 5.91 Å². The van der Waals surface area contributed by atoms with Crippen molar-refractivity contribution < 1.29 is 52.0 Å². The molecule has 1 N–H and O–H groups in total. The number of cyclic esters (lactones) is 1. The van der Waals surface area contributed by atoms with Crippen molar-refractivity contribution in [3.63, 3.8) is 0 Å². The minimum atomic E-state index is -1.23. The predicted molar refractivity (Wildman–Crippen MR) is 170 cm³/mol. The Morgan fingerprint density at radius 2 is 1.71 bits per heavy atom. The Morgan fingerprint density at radius 1 is 1.02 bits per heavy atom. The Balaban J connectivity index is 1.38. The van der Waals surface area contributed by atoms with E-state index >= 15 is 4.39 Å². The Bertz CT molecular complexity index is 1470. The number of likely N-dealkylation sites (tertiary alicyclic amines) is 1. The van der Waals surface area contributed by atoms with Crippen LogP contribution in [0.5, 0.6) is 5.75 Å². The third-order valence-corrected chi connectivity index (χ3v) is 7.60. The van der Waals surface area contributed by atoms with Crippen LogP contribution in [0.15, 0.2) is 48.5 Å². The Kier molecular flexibility index (Phi) is 11.8. The fourth-order valence-corrected chi connectivity index (χ4v) is 5.09. The summed E-state index contributed by atoms with van der Waals surface area (Å²) in [5, 5.41) is 2.58. The molecular formula is C34H42FN3O10. The molecular weight excluding hydrogens is 629 g/mol. The van der Waals surface area contributed by atoms with Gasteiger partial charge in [-0.05, 0) is 38.5 Å². The molecule has 0 spiro atoms. The fourth-order valence-electron chi connectivity index (χ4n) is 5.09. The zero-order chi connectivity index (χ0) is 34.9. The standard InChI is InChI=1S/C34H42FN3O10/c1-23(39)36-19-26-20-38(32(43)46-26)25-10-11-28(27(35)18-25)45-22-34(14-16-37(17-15-34)31(42)48-33(2,3)4)47-30(41)13-12-29(40)44-21-24-8-6-5-7-9-24/h5-11,18,26H,12-17,19-22H2,1-4H3,(H,36,39)/t26-/m0/s1. The lowest BCUT2D eigenvalue weighted by Gasteiger charge is -2.41. The SMILES string of the molecule is CC(=O)NC[C@H]1CN(c2ccc(OCC3(OC(=O)CCC(=O)OCc4ccccc4)CCN(C(=O)OC(C)(C)C)CC3)c(F)c2)C(=O)O1. The molecule has 0 unspecified atom stereocenters. The molecule has 0 aliphatic carbocycles.